The Bertz CT molecular complexity index is 1170. The molecule has 0 unspecified atom stereocenters. The minimum absolute atomic E-state index is 0.180. The summed E-state index contributed by atoms with van der Waals surface area (Å²) in [7, 11) is 1.87. The zero-order chi connectivity index (χ0) is 19.8. The number of hydrogen-bond donors (Lipinski definition) is 1. The minimum Gasteiger partial charge on any atom is -0.340 e. The van der Waals surface area contributed by atoms with E-state index in [0.29, 0.717) is 17.3 Å². The van der Waals surface area contributed by atoms with Gasteiger partial charge in [0.2, 0.25) is 0 Å². The summed E-state index contributed by atoms with van der Waals surface area (Å²) in [5.74, 6) is -0.180. The molecule has 0 saturated heterocycles. The normalized spacial score (nSPS) is 11.1. The second-order valence-electron chi connectivity index (χ2n) is 6.90. The van der Waals surface area contributed by atoms with E-state index in [1.54, 1.807) is 0 Å². The van der Waals surface area contributed by atoms with Gasteiger partial charge in [-0.3, -0.25) is 9.48 Å². The van der Waals surface area contributed by atoms with E-state index in [2.05, 4.69) is 22.5 Å². The van der Waals surface area contributed by atoms with Crippen molar-refractivity contribution in [3.8, 4) is 0 Å². The zero-order valence-electron chi connectivity index (χ0n) is 16.0. The van der Waals surface area contributed by atoms with Crippen LogP contribution in [0.2, 0.25) is 5.02 Å². The van der Waals surface area contributed by atoms with Crippen LogP contribution in [-0.4, -0.2) is 20.3 Å². The highest BCUT2D eigenvalue weighted by Crippen LogP contribution is 2.27. The van der Waals surface area contributed by atoms with Crippen molar-refractivity contribution >= 4 is 34.1 Å². The third-order valence-corrected chi connectivity index (χ3v) is 5.39. The highest BCUT2D eigenvalue weighted by molar-refractivity contribution is 6.35. The van der Waals surface area contributed by atoms with Gasteiger partial charge in [0.05, 0.1) is 23.6 Å². The fraction of sp³-hybridized carbons (Fsp3) is 0.182. The fourth-order valence-electron chi connectivity index (χ4n) is 3.51. The number of nitrogens with one attached hydrogen (secondary N) is 1. The van der Waals surface area contributed by atoms with Crippen molar-refractivity contribution in [2.24, 2.45) is 7.05 Å². The van der Waals surface area contributed by atoms with Gasteiger partial charge in [-0.25, -0.2) is 0 Å². The van der Waals surface area contributed by atoms with E-state index >= 15 is 0 Å². The van der Waals surface area contributed by atoms with Crippen molar-refractivity contribution in [2.45, 2.75) is 20.4 Å². The number of hydrogen-bond acceptors (Lipinski definition) is 2. The maximum atomic E-state index is 13.0. The molecule has 0 aliphatic heterocycles. The number of anilines is 1. The number of rotatable bonds is 4. The summed E-state index contributed by atoms with van der Waals surface area (Å²) in [6.07, 6.45) is 0. The average Bonchev–Trinajstić information content (AvgIpc) is 3.16. The highest BCUT2D eigenvalue weighted by atomic mass is 35.5. The summed E-state index contributed by atoms with van der Waals surface area (Å²) >= 11 is 6.28. The zero-order valence-corrected chi connectivity index (χ0v) is 16.8. The van der Waals surface area contributed by atoms with Crippen LogP contribution < -0.4 is 5.32 Å². The van der Waals surface area contributed by atoms with E-state index in [4.69, 9.17) is 11.6 Å². The fourth-order valence-corrected chi connectivity index (χ4v) is 3.73. The van der Waals surface area contributed by atoms with Crippen molar-refractivity contribution in [1.82, 2.24) is 14.3 Å². The van der Waals surface area contributed by atoms with Crippen LogP contribution >= 0.6 is 11.6 Å². The lowest BCUT2D eigenvalue weighted by Crippen LogP contribution is -2.16. The van der Waals surface area contributed by atoms with E-state index in [0.717, 1.165) is 33.5 Å². The Kier molecular flexibility index (Phi) is 4.69. The van der Waals surface area contributed by atoms with Gasteiger partial charge in [-0.2, -0.15) is 5.10 Å². The number of aromatic nitrogens is 3. The van der Waals surface area contributed by atoms with Crippen LogP contribution in [0.15, 0.2) is 54.6 Å². The van der Waals surface area contributed by atoms with Gasteiger partial charge in [0.25, 0.3) is 5.91 Å². The minimum atomic E-state index is -0.180. The van der Waals surface area contributed by atoms with Gasteiger partial charge in [0.15, 0.2) is 0 Å². The van der Waals surface area contributed by atoms with Gasteiger partial charge in [-0.05, 0) is 37.6 Å². The average molecular weight is 393 g/mol. The number of carbonyl (C=O) groups is 1. The Morgan fingerprint density at radius 3 is 2.57 bits per heavy atom. The van der Waals surface area contributed by atoms with Crippen LogP contribution in [0.4, 0.5) is 5.69 Å². The molecule has 0 aliphatic carbocycles. The lowest BCUT2D eigenvalue weighted by atomic mass is 10.2. The molecule has 0 radical (unpaired) electrons. The van der Waals surface area contributed by atoms with Crippen LogP contribution in [0.3, 0.4) is 0 Å². The molecule has 0 saturated carbocycles. The molecule has 142 valence electrons. The van der Waals surface area contributed by atoms with Crippen LogP contribution in [0, 0.1) is 13.8 Å². The lowest BCUT2D eigenvalue weighted by Gasteiger charge is -2.08. The van der Waals surface area contributed by atoms with E-state index in [-0.39, 0.29) is 5.91 Å². The molecule has 0 fully saturated rings. The molecule has 2 heterocycles. The summed E-state index contributed by atoms with van der Waals surface area (Å²) in [5.41, 5.74) is 5.10. The Morgan fingerprint density at radius 2 is 1.86 bits per heavy atom. The van der Waals surface area contributed by atoms with Crippen molar-refractivity contribution in [3.05, 3.63) is 82.3 Å². The molecule has 2 aromatic heterocycles. The van der Waals surface area contributed by atoms with Gasteiger partial charge < -0.3 is 9.88 Å². The number of amides is 1. The van der Waals surface area contributed by atoms with Crippen LogP contribution in [0.1, 0.15) is 27.4 Å². The first-order valence-corrected chi connectivity index (χ1v) is 9.46. The Morgan fingerprint density at radius 1 is 1.11 bits per heavy atom. The smallest absolute Gasteiger partial charge is 0.272 e. The predicted octanol–water partition coefficient (Wildman–Crippen LogP) is 4.95. The first kappa shape index (κ1) is 18.3. The topological polar surface area (TPSA) is 51.9 Å². The van der Waals surface area contributed by atoms with E-state index in [1.165, 1.54) is 0 Å². The summed E-state index contributed by atoms with van der Waals surface area (Å²) in [6.45, 7) is 4.53. The summed E-state index contributed by atoms with van der Waals surface area (Å²) < 4.78 is 3.77. The molecule has 5 nitrogen and oxygen atoms in total. The van der Waals surface area contributed by atoms with Crippen molar-refractivity contribution in [3.63, 3.8) is 0 Å². The van der Waals surface area contributed by atoms with E-state index in [1.807, 2.05) is 72.6 Å². The molecule has 0 spiro atoms. The molecule has 6 heteroatoms. The predicted molar refractivity (Wildman–Crippen MR) is 113 cm³/mol. The monoisotopic (exact) mass is 392 g/mol. The first-order valence-electron chi connectivity index (χ1n) is 9.09. The highest BCUT2D eigenvalue weighted by Gasteiger charge is 2.19. The Labute approximate surface area is 168 Å². The number of benzene rings is 2. The molecular formula is C22H21ClN4O. The number of aryl methyl sites for hydroxylation is 2. The van der Waals surface area contributed by atoms with Gasteiger partial charge in [0.1, 0.15) is 5.69 Å². The first-order chi connectivity index (χ1) is 13.5. The molecule has 0 atom stereocenters. The molecule has 0 bridgehead atoms. The number of carbonyl (C=O) groups excluding carboxylic acids is 1. The van der Waals surface area contributed by atoms with E-state index < -0.39 is 0 Å². The second kappa shape index (κ2) is 7.17. The molecule has 4 rings (SSSR count). The Hall–Kier alpha value is -3.05. The Balaban J connectivity index is 1.64. The van der Waals surface area contributed by atoms with Crippen LogP contribution in [-0.2, 0) is 13.6 Å². The molecule has 0 aliphatic rings. The molecule has 1 N–H and O–H groups in total. The molecule has 28 heavy (non-hydrogen) atoms. The lowest BCUT2D eigenvalue weighted by molar-refractivity contribution is 0.101. The molecule has 1 amide bonds. The molecule has 4 aromatic rings. The summed E-state index contributed by atoms with van der Waals surface area (Å²) in [5, 5.41) is 9.14. The van der Waals surface area contributed by atoms with Crippen molar-refractivity contribution in [2.75, 3.05) is 5.32 Å². The van der Waals surface area contributed by atoms with Crippen LogP contribution in [0.25, 0.3) is 10.9 Å². The van der Waals surface area contributed by atoms with Gasteiger partial charge in [0, 0.05) is 23.0 Å². The maximum absolute atomic E-state index is 13.0. The largest absolute Gasteiger partial charge is 0.340 e. The SMILES string of the molecule is Cc1nn(Cc2ccccc2)c(C)c1NC(=O)c1cc2c(Cl)cccc2n1C. The molecule has 2 aromatic carbocycles. The number of halogens is 1. The van der Waals surface area contributed by atoms with Crippen LogP contribution in [0.5, 0.6) is 0 Å². The quantitative estimate of drug-likeness (QED) is 0.534. The van der Waals surface area contributed by atoms with Gasteiger partial charge in [-0.15, -0.1) is 0 Å². The second-order valence-corrected chi connectivity index (χ2v) is 7.31. The summed E-state index contributed by atoms with van der Waals surface area (Å²) in [4.78, 5) is 13.0. The third kappa shape index (κ3) is 3.18. The van der Waals surface area contributed by atoms with E-state index in [9.17, 15) is 4.79 Å². The maximum Gasteiger partial charge on any atom is 0.272 e. The van der Waals surface area contributed by atoms with Gasteiger partial charge in [-0.1, -0.05) is 48.0 Å². The summed E-state index contributed by atoms with van der Waals surface area (Å²) in [6, 6.07) is 17.6. The van der Waals surface area contributed by atoms with Gasteiger partial charge >= 0.3 is 0 Å². The third-order valence-electron chi connectivity index (χ3n) is 5.06. The van der Waals surface area contributed by atoms with Crippen molar-refractivity contribution in [1.29, 1.82) is 0 Å². The standard InChI is InChI=1S/C22H21ClN4O/c1-14-21(15(2)27(25-14)13-16-8-5-4-6-9-16)24-22(28)20-12-17-18(23)10-7-11-19(17)26(20)3/h4-12H,13H2,1-3H3,(H,24,28). The molecular weight excluding hydrogens is 372 g/mol. The van der Waals surface area contributed by atoms with Crippen molar-refractivity contribution < 1.29 is 4.79 Å². The number of nitrogens with zero attached hydrogens (tertiary/aromatic N) is 3. The number of fused-ring (bicyclic) bond motifs is 1.